The van der Waals surface area contributed by atoms with Gasteiger partial charge in [0.15, 0.2) is 0 Å². The summed E-state index contributed by atoms with van der Waals surface area (Å²) in [6.07, 6.45) is 6.28. The van der Waals surface area contributed by atoms with E-state index in [1.807, 2.05) is 24.3 Å². The molecule has 7 heteroatoms. The molecule has 0 aliphatic carbocycles. The Kier molecular flexibility index (Phi) is 8.52. The van der Waals surface area contributed by atoms with Crippen LogP contribution in [-0.4, -0.2) is 23.7 Å². The highest BCUT2D eigenvalue weighted by molar-refractivity contribution is 7.99. The van der Waals surface area contributed by atoms with Crippen molar-refractivity contribution in [3.63, 3.8) is 0 Å². The maximum absolute atomic E-state index is 11.9. The molecule has 2 heterocycles. The lowest BCUT2D eigenvalue weighted by Crippen LogP contribution is -2.30. The average molecular weight is 511 g/mol. The highest BCUT2D eigenvalue weighted by Crippen LogP contribution is 2.52. The van der Waals surface area contributed by atoms with E-state index >= 15 is 0 Å². The van der Waals surface area contributed by atoms with Gasteiger partial charge < -0.3 is 4.90 Å². The molecule has 3 aromatic rings. The number of hydrogen-bond acceptors (Lipinski definition) is 5. The molecule has 1 aromatic heterocycles. The van der Waals surface area contributed by atoms with Crippen LogP contribution >= 0.6 is 11.8 Å². The van der Waals surface area contributed by atoms with Gasteiger partial charge in [0.25, 0.3) is 10.1 Å². The van der Waals surface area contributed by atoms with Crippen LogP contribution in [-0.2, 0) is 23.0 Å². The highest BCUT2D eigenvalue weighted by Gasteiger charge is 2.33. The summed E-state index contributed by atoms with van der Waals surface area (Å²) in [5.41, 5.74) is 5.19. The fourth-order valence-electron chi connectivity index (χ4n) is 4.63. The molecular formula is C28H34N2O3S2. The summed E-state index contributed by atoms with van der Waals surface area (Å²) in [5, 5.41) is 0. The van der Waals surface area contributed by atoms with Crippen molar-refractivity contribution in [3.05, 3.63) is 77.6 Å². The van der Waals surface area contributed by atoms with Gasteiger partial charge in [0.2, 0.25) is 0 Å². The predicted octanol–water partition coefficient (Wildman–Crippen LogP) is 7.39. The van der Waals surface area contributed by atoms with Crippen molar-refractivity contribution in [1.29, 1.82) is 0 Å². The van der Waals surface area contributed by atoms with Gasteiger partial charge in [-0.15, -0.1) is 0 Å². The highest BCUT2D eigenvalue weighted by atomic mass is 32.2. The third-order valence-electron chi connectivity index (χ3n) is 6.40. The Balaban J connectivity index is 1.89. The minimum absolute atomic E-state index is 0.246. The molecule has 0 amide bonds. The summed E-state index contributed by atoms with van der Waals surface area (Å²) in [6.45, 7) is 4.34. The number of unbranched alkanes of at least 4 members (excludes halogenated alkanes) is 2. The normalized spacial score (nSPS) is 13.9. The first-order valence-electron chi connectivity index (χ1n) is 12.5. The van der Waals surface area contributed by atoms with Gasteiger partial charge in [-0.1, -0.05) is 68.8 Å². The minimum Gasteiger partial charge on any atom is -0.330 e. The van der Waals surface area contributed by atoms with Crippen molar-refractivity contribution in [2.45, 2.75) is 74.6 Å². The number of nitrogens with zero attached hydrogens (tertiary/aromatic N) is 2. The zero-order chi connectivity index (χ0) is 24.8. The summed E-state index contributed by atoms with van der Waals surface area (Å²) in [7, 11) is -4.13. The fourth-order valence-corrected chi connectivity index (χ4v) is 6.22. The molecule has 0 bridgehead atoms. The lowest BCUT2D eigenvalue weighted by atomic mass is 9.96. The van der Waals surface area contributed by atoms with Crippen molar-refractivity contribution in [3.8, 4) is 0 Å². The van der Waals surface area contributed by atoms with Crippen LogP contribution in [0.15, 0.2) is 70.5 Å². The Hall–Kier alpha value is -2.35. The van der Waals surface area contributed by atoms with Crippen LogP contribution in [0.25, 0.3) is 0 Å². The van der Waals surface area contributed by atoms with E-state index in [0.29, 0.717) is 0 Å². The van der Waals surface area contributed by atoms with Crippen LogP contribution in [0.1, 0.15) is 68.9 Å². The summed E-state index contributed by atoms with van der Waals surface area (Å²) >= 11 is 1.73. The molecule has 0 spiro atoms. The lowest BCUT2D eigenvalue weighted by Gasteiger charge is -2.39. The largest absolute Gasteiger partial charge is 0.330 e. The van der Waals surface area contributed by atoms with Crippen molar-refractivity contribution >= 4 is 33.3 Å². The molecule has 186 valence electrons. The number of anilines is 2. The number of hydrogen-bond donors (Lipinski definition) is 1. The van der Waals surface area contributed by atoms with E-state index in [0.717, 1.165) is 76.6 Å². The second-order valence-electron chi connectivity index (χ2n) is 9.05. The van der Waals surface area contributed by atoms with Crippen molar-refractivity contribution in [2.24, 2.45) is 0 Å². The first-order chi connectivity index (χ1) is 16.9. The zero-order valence-corrected chi connectivity index (χ0v) is 22.1. The number of para-hydroxylation sites is 2. The van der Waals surface area contributed by atoms with E-state index in [4.69, 9.17) is 4.98 Å². The predicted molar refractivity (Wildman–Crippen MR) is 144 cm³/mol. The maximum atomic E-state index is 11.9. The van der Waals surface area contributed by atoms with Gasteiger partial charge in [0, 0.05) is 15.5 Å². The van der Waals surface area contributed by atoms with Gasteiger partial charge >= 0.3 is 0 Å². The molecule has 0 saturated heterocycles. The quantitative estimate of drug-likeness (QED) is 0.271. The van der Waals surface area contributed by atoms with E-state index in [1.165, 1.54) is 0 Å². The van der Waals surface area contributed by atoms with E-state index in [2.05, 4.69) is 55.1 Å². The van der Waals surface area contributed by atoms with Crippen LogP contribution in [0, 0.1) is 0 Å². The molecule has 1 unspecified atom stereocenters. The Labute approximate surface area is 213 Å². The average Bonchev–Trinajstić information content (AvgIpc) is 2.85. The van der Waals surface area contributed by atoms with Crippen LogP contribution < -0.4 is 4.90 Å². The first-order valence-corrected chi connectivity index (χ1v) is 14.9. The Morgan fingerprint density at radius 2 is 1.49 bits per heavy atom. The second kappa shape index (κ2) is 11.6. The number of aryl methyl sites for hydroxylation is 2. The molecule has 4 rings (SSSR count). The molecule has 1 N–H and O–H groups in total. The molecule has 0 saturated carbocycles. The molecule has 1 atom stereocenters. The van der Waals surface area contributed by atoms with E-state index < -0.39 is 10.1 Å². The number of pyridine rings is 1. The fraction of sp³-hybridized carbons (Fsp3) is 0.393. The Morgan fingerprint density at radius 3 is 2.09 bits per heavy atom. The van der Waals surface area contributed by atoms with E-state index in [-0.39, 0.29) is 18.2 Å². The van der Waals surface area contributed by atoms with Crippen LogP contribution in [0.3, 0.4) is 0 Å². The third-order valence-corrected chi connectivity index (χ3v) is 8.28. The van der Waals surface area contributed by atoms with Gasteiger partial charge in [-0.2, -0.15) is 8.42 Å². The molecule has 5 nitrogen and oxygen atoms in total. The zero-order valence-electron chi connectivity index (χ0n) is 20.5. The van der Waals surface area contributed by atoms with Gasteiger partial charge in [0.05, 0.1) is 28.9 Å². The van der Waals surface area contributed by atoms with Gasteiger partial charge in [-0.05, 0) is 68.0 Å². The van der Waals surface area contributed by atoms with Gasteiger partial charge in [-0.3, -0.25) is 9.54 Å². The third kappa shape index (κ3) is 6.26. The van der Waals surface area contributed by atoms with Crippen molar-refractivity contribution in [1.82, 2.24) is 4.98 Å². The molecule has 0 fully saturated rings. The number of benzene rings is 2. The Bertz CT molecular complexity index is 1220. The van der Waals surface area contributed by atoms with Crippen molar-refractivity contribution in [2.75, 3.05) is 10.7 Å². The van der Waals surface area contributed by atoms with Crippen molar-refractivity contribution < 1.29 is 13.0 Å². The lowest BCUT2D eigenvalue weighted by molar-refractivity contribution is 0.476. The Morgan fingerprint density at radius 1 is 0.886 bits per heavy atom. The number of fused-ring (bicyclic) bond motifs is 2. The number of aromatic nitrogens is 1. The minimum atomic E-state index is -4.13. The van der Waals surface area contributed by atoms with E-state index in [9.17, 15) is 13.0 Å². The van der Waals surface area contributed by atoms with Gasteiger partial charge in [0.1, 0.15) is 0 Å². The topological polar surface area (TPSA) is 70.5 Å². The van der Waals surface area contributed by atoms with Crippen LogP contribution in [0.5, 0.6) is 0 Å². The number of rotatable bonds is 11. The SMILES string of the molecule is CCCCc1ccc(CCCC)c(C(CCS(=O)(=O)O)N2c3ccccc3Sc3ccccc32)n1. The molecule has 0 radical (unpaired) electrons. The monoisotopic (exact) mass is 510 g/mol. The molecule has 35 heavy (non-hydrogen) atoms. The molecule has 2 aromatic carbocycles. The molecule has 1 aliphatic rings. The smallest absolute Gasteiger partial charge is 0.264 e. The summed E-state index contributed by atoms with van der Waals surface area (Å²) in [4.78, 5) is 9.65. The van der Waals surface area contributed by atoms with Gasteiger partial charge in [-0.25, -0.2) is 0 Å². The standard InChI is InChI=1S/C28H34N2O3S2/c1-3-5-11-21-17-18-22(12-6-4-2)29-28(21)25(19-20-35(31,32)33)30-23-13-7-9-15-26(23)34-27-16-10-8-14-24(27)30/h7-10,13-18,25H,3-6,11-12,19-20H2,1-2H3,(H,31,32,33). The van der Waals surface area contributed by atoms with Crippen LogP contribution in [0.2, 0.25) is 0 Å². The summed E-state index contributed by atoms with van der Waals surface area (Å²) < 4.78 is 33.6. The van der Waals surface area contributed by atoms with E-state index in [1.54, 1.807) is 11.8 Å². The summed E-state index contributed by atoms with van der Waals surface area (Å²) in [5.74, 6) is -0.320. The maximum Gasteiger partial charge on any atom is 0.264 e. The molecular weight excluding hydrogens is 476 g/mol. The van der Waals surface area contributed by atoms with Crippen LogP contribution in [0.4, 0.5) is 11.4 Å². The summed E-state index contributed by atoms with van der Waals surface area (Å²) in [6, 6.07) is 20.5. The second-order valence-corrected chi connectivity index (χ2v) is 11.7. The molecule has 1 aliphatic heterocycles. The first kappa shape index (κ1) is 25.7.